The van der Waals surface area contributed by atoms with Gasteiger partial charge in [0.25, 0.3) is 5.91 Å². The highest BCUT2D eigenvalue weighted by atomic mass is 35.5. The molecule has 0 saturated heterocycles. The van der Waals surface area contributed by atoms with Crippen molar-refractivity contribution in [2.24, 2.45) is 5.73 Å². The molecule has 0 aliphatic heterocycles. The monoisotopic (exact) mass is 380 g/mol. The fourth-order valence-electron chi connectivity index (χ4n) is 2.69. The number of rotatable bonds is 3. The number of hydrogen-bond donors (Lipinski definition) is 2. The van der Waals surface area contributed by atoms with Gasteiger partial charge in [-0.1, -0.05) is 30.3 Å². The summed E-state index contributed by atoms with van der Waals surface area (Å²) in [4.78, 5) is 14.1. The van der Waals surface area contributed by atoms with E-state index in [1.807, 2.05) is 25.1 Å². The maximum absolute atomic E-state index is 12.6. The molecule has 0 bridgehead atoms. The van der Waals surface area contributed by atoms with Crippen LogP contribution in [0.3, 0.4) is 0 Å². The first-order chi connectivity index (χ1) is 11.8. The number of aryl methyl sites for hydroxylation is 1. The molecule has 3 aromatic rings. The number of nitrogens with one attached hydrogen (secondary N) is 1. The first kappa shape index (κ1) is 19.6. The minimum atomic E-state index is -4.34. The van der Waals surface area contributed by atoms with Gasteiger partial charge < -0.3 is 10.7 Å². The van der Waals surface area contributed by atoms with Gasteiger partial charge in [-0.15, -0.1) is 12.4 Å². The van der Waals surface area contributed by atoms with E-state index in [2.05, 4.69) is 4.98 Å². The van der Waals surface area contributed by atoms with Crippen LogP contribution in [0.2, 0.25) is 0 Å². The van der Waals surface area contributed by atoms with E-state index >= 15 is 0 Å². The first-order valence-corrected chi connectivity index (χ1v) is 7.53. The molecule has 0 atom stereocenters. The molecule has 7 heteroatoms. The molecule has 3 N–H and O–H groups in total. The van der Waals surface area contributed by atoms with Crippen molar-refractivity contribution in [2.45, 2.75) is 13.1 Å². The van der Waals surface area contributed by atoms with Crippen molar-refractivity contribution < 1.29 is 18.0 Å². The Morgan fingerprint density at radius 3 is 2.08 bits per heavy atom. The van der Waals surface area contributed by atoms with Gasteiger partial charge in [-0.25, -0.2) is 0 Å². The number of H-pyrrole nitrogens is 1. The number of hydrogen-bond acceptors (Lipinski definition) is 1. The molecule has 3 nitrogen and oxygen atoms in total. The summed E-state index contributed by atoms with van der Waals surface area (Å²) in [7, 11) is 0. The Labute approximate surface area is 154 Å². The summed E-state index contributed by atoms with van der Waals surface area (Å²) in [5.41, 5.74) is 8.98. The fourth-order valence-corrected chi connectivity index (χ4v) is 2.69. The number of carbonyl (C=O) groups is 1. The van der Waals surface area contributed by atoms with Crippen LogP contribution in [-0.2, 0) is 6.18 Å². The third kappa shape index (κ3) is 3.91. The molecule has 0 radical (unpaired) electrons. The van der Waals surface area contributed by atoms with Crippen molar-refractivity contribution in [3.05, 3.63) is 71.4 Å². The van der Waals surface area contributed by atoms with Crippen LogP contribution in [-0.4, -0.2) is 10.9 Å². The van der Waals surface area contributed by atoms with Crippen LogP contribution in [0, 0.1) is 6.92 Å². The van der Waals surface area contributed by atoms with Crippen LogP contribution in [0.4, 0.5) is 13.2 Å². The van der Waals surface area contributed by atoms with Gasteiger partial charge in [0.05, 0.1) is 5.56 Å². The van der Waals surface area contributed by atoms with Crippen molar-refractivity contribution >= 4 is 18.3 Å². The Bertz CT molecular complexity index is 931. The minimum Gasteiger partial charge on any atom is -0.364 e. The molecule has 0 fully saturated rings. The van der Waals surface area contributed by atoms with Crippen molar-refractivity contribution in [2.75, 3.05) is 0 Å². The summed E-state index contributed by atoms with van der Waals surface area (Å²) in [6.45, 7) is 1.90. The summed E-state index contributed by atoms with van der Waals surface area (Å²) in [6.07, 6.45) is -4.34. The van der Waals surface area contributed by atoms with Gasteiger partial charge in [0.2, 0.25) is 0 Å². The number of aromatic nitrogens is 1. The Balaban J connectivity index is 0.00000243. The maximum atomic E-state index is 12.6. The van der Waals surface area contributed by atoms with Gasteiger partial charge in [-0.3, -0.25) is 4.79 Å². The molecule has 3 rings (SSSR count). The summed E-state index contributed by atoms with van der Waals surface area (Å²) in [6, 6.07) is 14.0. The second kappa shape index (κ2) is 7.25. The lowest BCUT2D eigenvalue weighted by molar-refractivity contribution is -0.137. The van der Waals surface area contributed by atoms with Crippen molar-refractivity contribution in [3.63, 3.8) is 0 Å². The maximum Gasteiger partial charge on any atom is 0.416 e. The van der Waals surface area contributed by atoms with Crippen LogP contribution in [0.15, 0.2) is 54.6 Å². The number of benzene rings is 2. The SMILES string of the molecule is Cc1cc(-c2ccc(C(F)(F)F)cc2)ccc1-c1ccc(C(N)=O)[nH]1.Cl. The quantitative estimate of drug-likeness (QED) is 0.645. The molecule has 1 aromatic heterocycles. The fraction of sp³-hybridized carbons (Fsp3) is 0.105. The van der Waals surface area contributed by atoms with E-state index in [1.165, 1.54) is 12.1 Å². The molecule has 26 heavy (non-hydrogen) atoms. The standard InChI is InChI=1S/C19H15F3N2O.ClH/c1-11-10-13(12-2-5-14(6-3-12)19(20,21)22)4-7-15(11)16-8-9-17(24-16)18(23)25;/h2-10,24H,1H3,(H2,23,25);1H. The number of alkyl halides is 3. The smallest absolute Gasteiger partial charge is 0.364 e. The van der Waals surface area contributed by atoms with Gasteiger partial charge in [-0.05, 0) is 47.9 Å². The summed E-state index contributed by atoms with van der Waals surface area (Å²) < 4.78 is 37.9. The van der Waals surface area contributed by atoms with Gasteiger partial charge in [-0.2, -0.15) is 13.2 Å². The van der Waals surface area contributed by atoms with Crippen molar-refractivity contribution in [1.82, 2.24) is 4.98 Å². The average molecular weight is 381 g/mol. The molecule has 0 aliphatic rings. The lowest BCUT2D eigenvalue weighted by Gasteiger charge is -2.10. The predicted octanol–water partition coefficient (Wildman–Crippen LogP) is 5.20. The molecule has 2 aromatic carbocycles. The number of amides is 1. The van der Waals surface area contributed by atoms with Crippen LogP contribution in [0.1, 0.15) is 21.6 Å². The molecule has 1 heterocycles. The molecule has 1 amide bonds. The molecular weight excluding hydrogens is 365 g/mol. The van der Waals surface area contributed by atoms with Crippen LogP contribution >= 0.6 is 12.4 Å². The van der Waals surface area contributed by atoms with E-state index in [9.17, 15) is 18.0 Å². The third-order valence-corrected chi connectivity index (χ3v) is 4.01. The van der Waals surface area contributed by atoms with Gasteiger partial charge >= 0.3 is 6.18 Å². The van der Waals surface area contributed by atoms with E-state index in [0.717, 1.165) is 34.5 Å². The van der Waals surface area contributed by atoms with E-state index in [4.69, 9.17) is 5.73 Å². The van der Waals surface area contributed by atoms with E-state index < -0.39 is 17.6 Å². The summed E-state index contributed by atoms with van der Waals surface area (Å²) >= 11 is 0. The summed E-state index contributed by atoms with van der Waals surface area (Å²) in [5, 5.41) is 0. The Morgan fingerprint density at radius 1 is 0.962 bits per heavy atom. The Hall–Kier alpha value is -2.73. The van der Waals surface area contributed by atoms with Gasteiger partial charge in [0, 0.05) is 11.3 Å². The Morgan fingerprint density at radius 2 is 1.58 bits per heavy atom. The minimum absolute atomic E-state index is 0. The highest BCUT2D eigenvalue weighted by Crippen LogP contribution is 2.32. The Kier molecular flexibility index (Phi) is 5.47. The average Bonchev–Trinajstić information content (AvgIpc) is 3.04. The zero-order chi connectivity index (χ0) is 18.2. The predicted molar refractivity (Wildman–Crippen MR) is 97.2 cm³/mol. The largest absolute Gasteiger partial charge is 0.416 e. The van der Waals surface area contributed by atoms with E-state index in [0.29, 0.717) is 11.3 Å². The van der Waals surface area contributed by atoms with E-state index in [-0.39, 0.29) is 12.4 Å². The van der Waals surface area contributed by atoms with Crippen LogP contribution in [0.5, 0.6) is 0 Å². The van der Waals surface area contributed by atoms with Crippen molar-refractivity contribution in [1.29, 1.82) is 0 Å². The zero-order valence-corrected chi connectivity index (χ0v) is 14.5. The number of nitrogens with two attached hydrogens (primary N) is 1. The number of primary amides is 1. The normalized spacial score (nSPS) is 11.1. The number of aromatic amines is 1. The molecule has 0 spiro atoms. The van der Waals surface area contributed by atoms with Crippen LogP contribution in [0.25, 0.3) is 22.4 Å². The zero-order valence-electron chi connectivity index (χ0n) is 13.7. The summed E-state index contributed by atoms with van der Waals surface area (Å²) in [5.74, 6) is -0.537. The second-order valence-corrected chi connectivity index (χ2v) is 5.75. The highest BCUT2D eigenvalue weighted by Gasteiger charge is 2.29. The van der Waals surface area contributed by atoms with Crippen molar-refractivity contribution in [3.8, 4) is 22.4 Å². The molecule has 0 unspecified atom stereocenters. The number of carbonyl (C=O) groups excluding carboxylic acids is 1. The van der Waals surface area contributed by atoms with Crippen LogP contribution < -0.4 is 5.73 Å². The molecular formula is C19H16ClF3N2O. The lowest BCUT2D eigenvalue weighted by atomic mass is 9.98. The number of halogens is 4. The lowest BCUT2D eigenvalue weighted by Crippen LogP contribution is -2.10. The molecule has 136 valence electrons. The molecule has 0 saturated carbocycles. The van der Waals surface area contributed by atoms with E-state index in [1.54, 1.807) is 12.1 Å². The van der Waals surface area contributed by atoms with Gasteiger partial charge in [0.15, 0.2) is 0 Å². The van der Waals surface area contributed by atoms with Gasteiger partial charge in [0.1, 0.15) is 5.69 Å². The second-order valence-electron chi connectivity index (χ2n) is 5.75. The first-order valence-electron chi connectivity index (χ1n) is 7.53. The highest BCUT2D eigenvalue weighted by molar-refractivity contribution is 5.92. The molecule has 0 aliphatic carbocycles. The topological polar surface area (TPSA) is 58.9 Å². The third-order valence-electron chi connectivity index (χ3n) is 4.01.